The van der Waals surface area contributed by atoms with Gasteiger partial charge in [-0.15, -0.1) is 0 Å². The van der Waals surface area contributed by atoms with Crippen LogP contribution in [0.2, 0.25) is 0 Å². The third-order valence-electron chi connectivity index (χ3n) is 1.96. The van der Waals surface area contributed by atoms with Gasteiger partial charge in [-0.2, -0.15) is 9.90 Å². The number of aliphatic carboxylic acids is 1. The number of guanidine groups is 1. The second-order valence-corrected chi connectivity index (χ2v) is 4.10. The predicted molar refractivity (Wildman–Crippen MR) is 88.8 cm³/mol. The number of nitrogens with one attached hydrogen (secondary N) is 1. The highest BCUT2D eigenvalue weighted by atomic mass is 31.0. The molecule has 0 amide bonds. The lowest BCUT2D eigenvalue weighted by Crippen LogP contribution is -2.20. The Bertz CT molecular complexity index is 163. The van der Waals surface area contributed by atoms with Crippen molar-refractivity contribution in [1.29, 1.82) is 5.41 Å². The molecule has 5 nitrogen and oxygen atoms in total. The Morgan fingerprint density at radius 1 is 0.947 bits per heavy atom. The van der Waals surface area contributed by atoms with Crippen LogP contribution in [0, 0.1) is 5.41 Å². The number of carboxylic acid groups (broad SMARTS) is 1. The van der Waals surface area contributed by atoms with Crippen molar-refractivity contribution in [2.75, 3.05) is 0 Å². The van der Waals surface area contributed by atoms with E-state index in [0.29, 0.717) is 0 Å². The van der Waals surface area contributed by atoms with Crippen molar-refractivity contribution in [2.45, 2.75) is 72.1 Å². The molecule has 0 aliphatic rings. The Hall–Kier alpha value is -0.830. The van der Waals surface area contributed by atoms with Gasteiger partial charge in [-0.25, -0.2) is 0 Å². The van der Waals surface area contributed by atoms with E-state index in [9.17, 15) is 0 Å². The zero-order chi connectivity index (χ0) is 14.8. The summed E-state index contributed by atoms with van der Waals surface area (Å²) < 4.78 is 0. The molecule has 118 valence electrons. The largest absolute Gasteiger partial charge is 0.481 e. The third-order valence-corrected chi connectivity index (χ3v) is 1.96. The lowest BCUT2D eigenvalue weighted by molar-refractivity contribution is -0.134. The van der Waals surface area contributed by atoms with Gasteiger partial charge >= 0.3 is 0 Å². The van der Waals surface area contributed by atoms with E-state index in [1.807, 2.05) is 0 Å². The standard InChI is InChI=1S/C10H22.C2H4O2.CH5N3.H3P/c1-3-5-7-9-10-8-6-4-2;1-2(3)4;2-1(3)4;/h3-10H2,1-2H3;1H3,(H,3,4);(H5,2,3,4);1H3. The van der Waals surface area contributed by atoms with Crippen molar-refractivity contribution in [3.05, 3.63) is 0 Å². The van der Waals surface area contributed by atoms with Crippen LogP contribution in [0.5, 0.6) is 0 Å². The van der Waals surface area contributed by atoms with Gasteiger partial charge in [0, 0.05) is 6.92 Å². The number of nitrogens with two attached hydrogens (primary N) is 2. The van der Waals surface area contributed by atoms with Crippen molar-refractivity contribution in [3.8, 4) is 0 Å². The van der Waals surface area contributed by atoms with Gasteiger partial charge in [-0.1, -0.05) is 65.2 Å². The third kappa shape index (κ3) is 104. The summed E-state index contributed by atoms with van der Waals surface area (Å²) in [4.78, 5) is 9.00. The van der Waals surface area contributed by atoms with Crippen LogP contribution in [0.4, 0.5) is 0 Å². The minimum atomic E-state index is -0.833. The fourth-order valence-electron chi connectivity index (χ4n) is 1.21. The Balaban J connectivity index is -0.000000105. The zero-order valence-corrected chi connectivity index (χ0v) is 14.3. The zero-order valence-electron chi connectivity index (χ0n) is 12.9. The topological polar surface area (TPSA) is 113 Å². The van der Waals surface area contributed by atoms with Gasteiger partial charge < -0.3 is 16.6 Å². The second kappa shape index (κ2) is 25.9. The molecule has 6 N–H and O–H groups in total. The van der Waals surface area contributed by atoms with Gasteiger partial charge in [0.25, 0.3) is 5.97 Å². The summed E-state index contributed by atoms with van der Waals surface area (Å²) >= 11 is 0. The Kier molecular flexibility index (Phi) is 36.3. The number of carbonyl (C=O) groups is 1. The van der Waals surface area contributed by atoms with E-state index in [2.05, 4.69) is 25.3 Å². The number of unbranched alkanes of at least 4 members (excludes halogenated alkanes) is 7. The molecule has 0 rings (SSSR count). The van der Waals surface area contributed by atoms with Crippen molar-refractivity contribution in [1.82, 2.24) is 0 Å². The fourth-order valence-corrected chi connectivity index (χ4v) is 1.21. The highest BCUT2D eigenvalue weighted by Crippen LogP contribution is 2.07. The molecule has 6 heteroatoms. The first kappa shape index (κ1) is 26.7. The van der Waals surface area contributed by atoms with Gasteiger partial charge in [0.05, 0.1) is 0 Å². The molecule has 0 radical (unpaired) electrons. The van der Waals surface area contributed by atoms with Crippen LogP contribution in [0.3, 0.4) is 0 Å². The van der Waals surface area contributed by atoms with E-state index in [0.717, 1.165) is 6.92 Å². The molecule has 0 heterocycles. The minimum Gasteiger partial charge on any atom is -0.481 e. The van der Waals surface area contributed by atoms with Crippen LogP contribution >= 0.6 is 9.90 Å². The summed E-state index contributed by atoms with van der Waals surface area (Å²) in [5, 5.41) is 13.5. The molecule has 0 bridgehead atoms. The average molecular weight is 295 g/mol. The molecular formula is C13H34N3O2P. The SMILES string of the molecule is CC(=O)O.CCCCCCCCCC.N=C(N)N.P. The van der Waals surface area contributed by atoms with E-state index in [-0.39, 0.29) is 15.9 Å². The molecule has 0 aromatic rings. The lowest BCUT2D eigenvalue weighted by atomic mass is 10.1. The highest BCUT2D eigenvalue weighted by molar-refractivity contribution is 6.92. The molecule has 1 unspecified atom stereocenters. The molecule has 0 aromatic carbocycles. The maximum Gasteiger partial charge on any atom is 0.300 e. The summed E-state index contributed by atoms with van der Waals surface area (Å²) in [5.41, 5.74) is 8.94. The molecule has 0 spiro atoms. The monoisotopic (exact) mass is 295 g/mol. The van der Waals surface area contributed by atoms with Crippen LogP contribution < -0.4 is 11.5 Å². The number of hydrogen-bond acceptors (Lipinski definition) is 2. The quantitative estimate of drug-likeness (QED) is 0.250. The fraction of sp³-hybridized carbons (Fsp3) is 0.846. The Morgan fingerprint density at radius 2 is 1.11 bits per heavy atom. The molecule has 0 aliphatic carbocycles. The summed E-state index contributed by atoms with van der Waals surface area (Å²) in [6.45, 7) is 5.62. The summed E-state index contributed by atoms with van der Waals surface area (Å²) in [6, 6.07) is 0. The van der Waals surface area contributed by atoms with Gasteiger partial charge in [-0.05, 0) is 0 Å². The van der Waals surface area contributed by atoms with E-state index in [1.165, 1.54) is 51.4 Å². The number of carboxylic acids is 1. The van der Waals surface area contributed by atoms with Crippen molar-refractivity contribution >= 4 is 21.8 Å². The molecule has 0 saturated carbocycles. The normalized spacial score (nSPS) is 7.95. The van der Waals surface area contributed by atoms with Crippen LogP contribution in [0.25, 0.3) is 0 Å². The number of hydrogen-bond donors (Lipinski definition) is 4. The molecule has 0 aromatic heterocycles. The maximum atomic E-state index is 9.00. The summed E-state index contributed by atoms with van der Waals surface area (Å²) in [5.74, 6) is -1.17. The first-order valence-corrected chi connectivity index (χ1v) is 6.67. The first-order chi connectivity index (χ1) is 8.38. The van der Waals surface area contributed by atoms with Crippen LogP contribution in [-0.2, 0) is 4.79 Å². The van der Waals surface area contributed by atoms with E-state index in [1.54, 1.807) is 0 Å². The highest BCUT2D eigenvalue weighted by Gasteiger charge is 1.87. The summed E-state index contributed by atoms with van der Waals surface area (Å²) in [7, 11) is 0. The van der Waals surface area contributed by atoms with Gasteiger partial charge in [0.2, 0.25) is 0 Å². The van der Waals surface area contributed by atoms with Crippen LogP contribution in [-0.4, -0.2) is 17.0 Å². The van der Waals surface area contributed by atoms with E-state index in [4.69, 9.17) is 15.3 Å². The Labute approximate surface area is 121 Å². The molecule has 0 aliphatic heterocycles. The smallest absolute Gasteiger partial charge is 0.300 e. The lowest BCUT2D eigenvalue weighted by Gasteiger charge is -1.97. The molecule has 0 saturated heterocycles. The average Bonchev–Trinajstić information content (AvgIpc) is 2.22. The molecule has 1 atom stereocenters. The van der Waals surface area contributed by atoms with Crippen LogP contribution in [0.1, 0.15) is 72.1 Å². The van der Waals surface area contributed by atoms with Gasteiger partial charge in [0.15, 0.2) is 5.96 Å². The maximum absolute atomic E-state index is 9.00. The first-order valence-electron chi connectivity index (χ1n) is 6.67. The minimum absolute atomic E-state index is 0. The molecular weight excluding hydrogens is 261 g/mol. The van der Waals surface area contributed by atoms with Gasteiger partial charge in [0.1, 0.15) is 0 Å². The number of rotatable bonds is 7. The van der Waals surface area contributed by atoms with E-state index >= 15 is 0 Å². The van der Waals surface area contributed by atoms with Crippen molar-refractivity contribution in [3.63, 3.8) is 0 Å². The summed E-state index contributed by atoms with van der Waals surface area (Å²) in [6.07, 6.45) is 11.5. The molecule has 19 heavy (non-hydrogen) atoms. The van der Waals surface area contributed by atoms with Crippen molar-refractivity contribution in [2.24, 2.45) is 11.5 Å². The van der Waals surface area contributed by atoms with Crippen molar-refractivity contribution < 1.29 is 9.90 Å². The van der Waals surface area contributed by atoms with E-state index < -0.39 is 5.97 Å². The van der Waals surface area contributed by atoms with Gasteiger partial charge in [-0.3, -0.25) is 10.2 Å². The second-order valence-electron chi connectivity index (χ2n) is 4.10. The predicted octanol–water partition coefficient (Wildman–Crippen LogP) is 3.13. The Morgan fingerprint density at radius 3 is 1.26 bits per heavy atom. The molecule has 0 fully saturated rings. The van der Waals surface area contributed by atoms with Crippen LogP contribution in [0.15, 0.2) is 0 Å².